The monoisotopic (exact) mass is 375 g/mol. The van der Waals surface area contributed by atoms with Crippen LogP contribution in [0.5, 0.6) is 0 Å². The van der Waals surface area contributed by atoms with Crippen LogP contribution in [-0.2, 0) is 6.54 Å². The summed E-state index contributed by atoms with van der Waals surface area (Å²) in [6, 6.07) is 10.3. The van der Waals surface area contributed by atoms with Crippen LogP contribution in [0.3, 0.4) is 0 Å². The molecule has 0 aliphatic heterocycles. The van der Waals surface area contributed by atoms with Crippen molar-refractivity contribution in [1.29, 1.82) is 0 Å². The van der Waals surface area contributed by atoms with Gasteiger partial charge in [0.25, 0.3) is 0 Å². The summed E-state index contributed by atoms with van der Waals surface area (Å²) in [6.45, 7) is 6.92. The second kappa shape index (κ2) is 12.3. The Balaban J connectivity index is 0.00000324. The van der Waals surface area contributed by atoms with Gasteiger partial charge in [-0.15, -0.1) is 24.0 Å². The van der Waals surface area contributed by atoms with E-state index >= 15 is 0 Å². The zero-order valence-corrected chi connectivity index (χ0v) is 14.3. The van der Waals surface area contributed by atoms with E-state index in [-0.39, 0.29) is 24.0 Å². The molecule has 0 aliphatic carbocycles. The average Bonchev–Trinajstić information content (AvgIpc) is 2.42. The Morgan fingerprint density at radius 3 is 2.42 bits per heavy atom. The number of benzene rings is 1. The van der Waals surface area contributed by atoms with E-state index in [9.17, 15) is 0 Å². The van der Waals surface area contributed by atoms with Gasteiger partial charge in [-0.25, -0.2) is 4.99 Å². The molecule has 0 bridgehead atoms. The summed E-state index contributed by atoms with van der Waals surface area (Å²) < 4.78 is 0. The van der Waals surface area contributed by atoms with Crippen molar-refractivity contribution in [2.45, 2.75) is 39.7 Å². The lowest BCUT2D eigenvalue weighted by Gasteiger charge is -2.10. The molecule has 0 saturated heterocycles. The largest absolute Gasteiger partial charge is 0.357 e. The molecule has 0 aromatic heterocycles. The zero-order chi connectivity index (χ0) is 13.1. The molecule has 3 nitrogen and oxygen atoms in total. The molecule has 19 heavy (non-hydrogen) atoms. The number of guanidine groups is 1. The highest BCUT2D eigenvalue weighted by atomic mass is 127. The SMILES string of the molecule is CCCCCNC(=NCc1ccccc1)NCC.I. The Labute approximate surface area is 134 Å². The van der Waals surface area contributed by atoms with Gasteiger partial charge in [-0.3, -0.25) is 0 Å². The maximum atomic E-state index is 4.58. The Hall–Kier alpha value is -0.780. The van der Waals surface area contributed by atoms with E-state index < -0.39 is 0 Å². The smallest absolute Gasteiger partial charge is 0.191 e. The van der Waals surface area contributed by atoms with Gasteiger partial charge < -0.3 is 10.6 Å². The first-order valence-electron chi connectivity index (χ1n) is 6.93. The van der Waals surface area contributed by atoms with E-state index in [1.165, 1.54) is 24.8 Å². The summed E-state index contributed by atoms with van der Waals surface area (Å²) in [6.07, 6.45) is 3.72. The fraction of sp³-hybridized carbons (Fsp3) is 0.533. The van der Waals surface area contributed by atoms with Gasteiger partial charge >= 0.3 is 0 Å². The Morgan fingerprint density at radius 2 is 1.79 bits per heavy atom. The highest BCUT2D eigenvalue weighted by molar-refractivity contribution is 14.0. The second-order valence-corrected chi connectivity index (χ2v) is 4.31. The standard InChI is InChI=1S/C15H25N3.HI/c1-3-5-9-12-17-15(16-4-2)18-13-14-10-7-6-8-11-14;/h6-8,10-11H,3-5,9,12-13H2,1-2H3,(H2,16,17,18);1H. The molecule has 0 spiro atoms. The average molecular weight is 375 g/mol. The lowest BCUT2D eigenvalue weighted by Crippen LogP contribution is -2.37. The van der Waals surface area contributed by atoms with Gasteiger partial charge in [0.05, 0.1) is 6.54 Å². The zero-order valence-electron chi connectivity index (χ0n) is 12.0. The minimum Gasteiger partial charge on any atom is -0.357 e. The molecule has 1 rings (SSSR count). The molecule has 0 fully saturated rings. The van der Waals surface area contributed by atoms with E-state index in [4.69, 9.17) is 0 Å². The summed E-state index contributed by atoms with van der Waals surface area (Å²) >= 11 is 0. The minimum atomic E-state index is 0. The van der Waals surface area contributed by atoms with Gasteiger partial charge in [-0.1, -0.05) is 50.1 Å². The summed E-state index contributed by atoms with van der Waals surface area (Å²) in [5, 5.41) is 6.63. The lowest BCUT2D eigenvalue weighted by molar-refractivity contribution is 0.683. The molecule has 0 radical (unpaired) electrons. The molecular formula is C15H26IN3. The van der Waals surface area contributed by atoms with E-state index in [1.54, 1.807) is 0 Å². The molecule has 0 aliphatic rings. The maximum absolute atomic E-state index is 4.58. The molecule has 108 valence electrons. The first-order chi connectivity index (χ1) is 8.86. The van der Waals surface area contributed by atoms with Gasteiger partial charge in [0, 0.05) is 13.1 Å². The van der Waals surface area contributed by atoms with Crippen LogP contribution in [0.1, 0.15) is 38.7 Å². The van der Waals surface area contributed by atoms with Crippen molar-refractivity contribution in [3.8, 4) is 0 Å². The van der Waals surface area contributed by atoms with Crippen LogP contribution < -0.4 is 10.6 Å². The molecule has 1 aromatic rings. The maximum Gasteiger partial charge on any atom is 0.191 e. The summed E-state index contributed by atoms with van der Waals surface area (Å²) in [5.74, 6) is 0.914. The Morgan fingerprint density at radius 1 is 1.05 bits per heavy atom. The number of rotatable bonds is 7. The first kappa shape index (κ1) is 18.2. The van der Waals surface area contributed by atoms with Crippen LogP contribution in [0, 0.1) is 0 Å². The van der Waals surface area contributed by atoms with Crippen LogP contribution in [0.25, 0.3) is 0 Å². The van der Waals surface area contributed by atoms with Gasteiger partial charge in [-0.2, -0.15) is 0 Å². The molecule has 2 N–H and O–H groups in total. The molecule has 0 saturated carbocycles. The predicted molar refractivity (Wildman–Crippen MR) is 94.2 cm³/mol. The van der Waals surface area contributed by atoms with Crippen molar-refractivity contribution < 1.29 is 0 Å². The fourth-order valence-corrected chi connectivity index (χ4v) is 1.68. The van der Waals surface area contributed by atoms with Gasteiger partial charge in [-0.05, 0) is 18.9 Å². The number of nitrogens with one attached hydrogen (secondary N) is 2. The molecule has 0 unspecified atom stereocenters. The van der Waals surface area contributed by atoms with Crippen LogP contribution >= 0.6 is 24.0 Å². The highest BCUT2D eigenvalue weighted by Crippen LogP contribution is 1.99. The number of halogens is 1. The van der Waals surface area contributed by atoms with Gasteiger partial charge in [0.15, 0.2) is 5.96 Å². The predicted octanol–water partition coefficient (Wildman–Crippen LogP) is 3.55. The number of aliphatic imine (C=N–C) groups is 1. The van der Waals surface area contributed by atoms with E-state index in [0.29, 0.717) is 0 Å². The van der Waals surface area contributed by atoms with Crippen LogP contribution in [-0.4, -0.2) is 19.0 Å². The van der Waals surface area contributed by atoms with Crippen molar-refractivity contribution in [2.75, 3.05) is 13.1 Å². The Kier molecular flexibility index (Phi) is 11.8. The number of unbranched alkanes of at least 4 members (excludes halogenated alkanes) is 2. The molecule has 4 heteroatoms. The highest BCUT2D eigenvalue weighted by Gasteiger charge is 1.96. The molecule has 0 atom stereocenters. The van der Waals surface area contributed by atoms with Crippen molar-refractivity contribution in [1.82, 2.24) is 10.6 Å². The lowest BCUT2D eigenvalue weighted by atomic mass is 10.2. The van der Waals surface area contributed by atoms with Crippen molar-refractivity contribution in [3.05, 3.63) is 35.9 Å². The van der Waals surface area contributed by atoms with Gasteiger partial charge in [0.2, 0.25) is 0 Å². The number of hydrogen-bond acceptors (Lipinski definition) is 1. The summed E-state index contributed by atoms with van der Waals surface area (Å²) in [4.78, 5) is 4.58. The van der Waals surface area contributed by atoms with E-state index in [2.05, 4.69) is 41.6 Å². The number of hydrogen-bond donors (Lipinski definition) is 2. The third kappa shape index (κ3) is 8.86. The van der Waals surface area contributed by atoms with Crippen LogP contribution in [0.15, 0.2) is 35.3 Å². The molecular weight excluding hydrogens is 349 g/mol. The number of nitrogens with zero attached hydrogens (tertiary/aromatic N) is 1. The normalized spacial score (nSPS) is 10.7. The topological polar surface area (TPSA) is 36.4 Å². The van der Waals surface area contributed by atoms with Crippen molar-refractivity contribution in [3.63, 3.8) is 0 Å². The third-order valence-electron chi connectivity index (χ3n) is 2.68. The van der Waals surface area contributed by atoms with Gasteiger partial charge in [0.1, 0.15) is 0 Å². The third-order valence-corrected chi connectivity index (χ3v) is 2.68. The molecule has 0 amide bonds. The van der Waals surface area contributed by atoms with E-state index in [0.717, 1.165) is 25.6 Å². The van der Waals surface area contributed by atoms with Crippen molar-refractivity contribution in [2.24, 2.45) is 4.99 Å². The van der Waals surface area contributed by atoms with Crippen LogP contribution in [0.2, 0.25) is 0 Å². The summed E-state index contributed by atoms with van der Waals surface area (Å²) in [5.41, 5.74) is 1.24. The second-order valence-electron chi connectivity index (χ2n) is 4.31. The minimum absolute atomic E-state index is 0. The fourth-order valence-electron chi connectivity index (χ4n) is 1.68. The van der Waals surface area contributed by atoms with Crippen molar-refractivity contribution >= 4 is 29.9 Å². The molecule has 1 aromatic carbocycles. The van der Waals surface area contributed by atoms with E-state index in [1.807, 2.05) is 18.2 Å². The van der Waals surface area contributed by atoms with Crippen LogP contribution in [0.4, 0.5) is 0 Å². The Bertz CT molecular complexity index is 339. The summed E-state index contributed by atoms with van der Waals surface area (Å²) in [7, 11) is 0. The first-order valence-corrected chi connectivity index (χ1v) is 6.93. The molecule has 0 heterocycles. The quantitative estimate of drug-likeness (QED) is 0.331.